The lowest BCUT2D eigenvalue weighted by Gasteiger charge is -2.36. The molecule has 2 aromatic carbocycles. The molecule has 2 N–H and O–H groups in total. The number of rotatable bonds is 18. The SMILES string of the molecule is CCCN(CCCCCCC[N+](CC)(CC)CC(=O)Nc1c(C)cccc1C)CC(=O)Nc1c(C)cccc1C. The quantitative estimate of drug-likeness (QED) is 0.155. The van der Waals surface area contributed by atoms with E-state index < -0.39 is 0 Å². The molecule has 222 valence electrons. The highest BCUT2D eigenvalue weighted by Gasteiger charge is 2.27. The molecule has 0 aliphatic carbocycles. The largest absolute Gasteiger partial charge is 0.324 e. The van der Waals surface area contributed by atoms with E-state index in [4.69, 9.17) is 0 Å². The first kappa shape index (κ1) is 33.5. The topological polar surface area (TPSA) is 61.4 Å². The second kappa shape index (κ2) is 17.2. The number of para-hydroxylation sites is 2. The number of hydrogen-bond donors (Lipinski definition) is 2. The Morgan fingerprint density at radius 2 is 1.15 bits per heavy atom. The van der Waals surface area contributed by atoms with Gasteiger partial charge in [0.25, 0.3) is 5.91 Å². The third-order valence-corrected chi connectivity index (χ3v) is 8.33. The maximum Gasteiger partial charge on any atom is 0.279 e. The van der Waals surface area contributed by atoms with Gasteiger partial charge in [0.1, 0.15) is 0 Å². The number of nitrogens with one attached hydrogen (secondary N) is 2. The first-order valence-electron chi connectivity index (χ1n) is 15.4. The number of nitrogens with zero attached hydrogens (tertiary/aromatic N) is 2. The molecule has 6 nitrogen and oxygen atoms in total. The fraction of sp³-hybridized carbons (Fsp3) is 0.588. The number of carbonyl (C=O) groups is 2. The van der Waals surface area contributed by atoms with Crippen LogP contribution < -0.4 is 10.6 Å². The number of likely N-dealkylation sites (N-methyl/N-ethyl adjacent to an activating group) is 1. The van der Waals surface area contributed by atoms with Gasteiger partial charge in [-0.05, 0) is 103 Å². The van der Waals surface area contributed by atoms with Crippen molar-refractivity contribution in [3.63, 3.8) is 0 Å². The van der Waals surface area contributed by atoms with E-state index in [2.05, 4.69) is 36.3 Å². The molecular formula is C34H55N4O2+. The summed E-state index contributed by atoms with van der Waals surface area (Å²) in [6.45, 7) is 20.6. The number of benzene rings is 2. The minimum atomic E-state index is 0.0701. The predicted octanol–water partition coefficient (Wildman–Crippen LogP) is 7.02. The summed E-state index contributed by atoms with van der Waals surface area (Å²) in [5.41, 5.74) is 6.33. The van der Waals surface area contributed by atoms with Crippen molar-refractivity contribution < 1.29 is 14.1 Å². The summed E-state index contributed by atoms with van der Waals surface area (Å²) in [7, 11) is 0. The van der Waals surface area contributed by atoms with Gasteiger partial charge in [-0.15, -0.1) is 0 Å². The number of anilines is 2. The van der Waals surface area contributed by atoms with Crippen LogP contribution in [0.1, 0.15) is 81.5 Å². The van der Waals surface area contributed by atoms with E-state index in [0.29, 0.717) is 13.1 Å². The van der Waals surface area contributed by atoms with Crippen molar-refractivity contribution in [2.75, 3.05) is 56.4 Å². The zero-order valence-corrected chi connectivity index (χ0v) is 26.4. The Hall–Kier alpha value is -2.70. The van der Waals surface area contributed by atoms with Crippen LogP contribution in [0.2, 0.25) is 0 Å². The first-order valence-corrected chi connectivity index (χ1v) is 15.4. The molecule has 0 spiro atoms. The van der Waals surface area contributed by atoms with Gasteiger partial charge >= 0.3 is 0 Å². The van der Waals surface area contributed by atoms with Gasteiger partial charge in [-0.3, -0.25) is 14.5 Å². The van der Waals surface area contributed by atoms with Gasteiger partial charge in [0.2, 0.25) is 5.91 Å². The van der Waals surface area contributed by atoms with Crippen LogP contribution >= 0.6 is 0 Å². The molecule has 0 aromatic heterocycles. The summed E-state index contributed by atoms with van der Waals surface area (Å²) in [6, 6.07) is 12.2. The highest BCUT2D eigenvalue weighted by Crippen LogP contribution is 2.21. The molecule has 0 aliphatic heterocycles. The molecule has 40 heavy (non-hydrogen) atoms. The monoisotopic (exact) mass is 551 g/mol. The van der Waals surface area contributed by atoms with E-state index in [1.165, 1.54) is 19.3 Å². The molecule has 2 aromatic rings. The van der Waals surface area contributed by atoms with Gasteiger partial charge in [0, 0.05) is 11.4 Å². The van der Waals surface area contributed by atoms with Crippen molar-refractivity contribution in [1.29, 1.82) is 0 Å². The Balaban J connectivity index is 1.74. The predicted molar refractivity (Wildman–Crippen MR) is 170 cm³/mol. The van der Waals surface area contributed by atoms with E-state index in [0.717, 1.165) is 90.1 Å². The summed E-state index contributed by atoms with van der Waals surface area (Å²) in [4.78, 5) is 28.0. The Morgan fingerprint density at radius 3 is 1.65 bits per heavy atom. The average Bonchev–Trinajstić information content (AvgIpc) is 2.92. The Bertz CT molecular complexity index is 1040. The Morgan fingerprint density at radius 1 is 0.675 bits per heavy atom. The van der Waals surface area contributed by atoms with Gasteiger partial charge in [-0.1, -0.05) is 56.2 Å². The van der Waals surface area contributed by atoms with Crippen LogP contribution in [-0.4, -0.2) is 67.0 Å². The zero-order valence-electron chi connectivity index (χ0n) is 26.4. The second-order valence-electron chi connectivity index (χ2n) is 11.5. The standard InChI is InChI=1S/C34H54N4O2/c1-8-22-37(25-31(39)35-33-27(4)18-16-19-28(33)5)23-14-12-11-13-15-24-38(9-2,10-3)26-32(40)36-34-29(6)20-17-21-30(34)7/h16-21H,8-15,22-26H2,1-7H3,(H-,35,36,39,40)/p+1. The molecule has 0 radical (unpaired) electrons. The molecule has 6 heteroatoms. The van der Waals surface area contributed by atoms with Gasteiger partial charge < -0.3 is 15.1 Å². The summed E-state index contributed by atoms with van der Waals surface area (Å²) in [6.07, 6.45) is 6.83. The summed E-state index contributed by atoms with van der Waals surface area (Å²) < 4.78 is 0.830. The molecule has 2 rings (SSSR count). The highest BCUT2D eigenvalue weighted by molar-refractivity contribution is 5.94. The molecular weight excluding hydrogens is 496 g/mol. The number of hydrogen-bond acceptors (Lipinski definition) is 3. The maximum atomic E-state index is 13.0. The van der Waals surface area contributed by atoms with Crippen LogP contribution in [0.25, 0.3) is 0 Å². The Kier molecular flexibility index (Phi) is 14.4. The normalized spacial score (nSPS) is 11.6. The minimum absolute atomic E-state index is 0.0701. The summed E-state index contributed by atoms with van der Waals surface area (Å²) in [5.74, 6) is 0.180. The minimum Gasteiger partial charge on any atom is -0.324 e. The van der Waals surface area contributed by atoms with Crippen LogP contribution in [0.3, 0.4) is 0 Å². The lowest BCUT2D eigenvalue weighted by atomic mass is 10.1. The third kappa shape index (κ3) is 10.7. The van der Waals surface area contributed by atoms with Crippen molar-refractivity contribution in [3.8, 4) is 0 Å². The Labute approximate surface area is 244 Å². The third-order valence-electron chi connectivity index (χ3n) is 8.33. The van der Waals surface area contributed by atoms with Crippen LogP contribution in [0, 0.1) is 27.7 Å². The van der Waals surface area contributed by atoms with Gasteiger partial charge in [0.15, 0.2) is 6.54 Å². The fourth-order valence-corrected chi connectivity index (χ4v) is 5.63. The van der Waals surface area contributed by atoms with Gasteiger partial charge in [-0.25, -0.2) is 0 Å². The molecule has 0 aliphatic rings. The van der Waals surface area contributed by atoms with Crippen molar-refractivity contribution in [2.45, 2.75) is 87.0 Å². The molecule has 0 atom stereocenters. The number of amides is 2. The zero-order chi connectivity index (χ0) is 29.5. The molecule has 2 amide bonds. The average molecular weight is 552 g/mol. The smallest absolute Gasteiger partial charge is 0.279 e. The fourth-order valence-electron chi connectivity index (χ4n) is 5.63. The van der Waals surface area contributed by atoms with Crippen molar-refractivity contribution in [2.24, 2.45) is 0 Å². The second-order valence-corrected chi connectivity index (χ2v) is 11.5. The summed E-state index contributed by atoms with van der Waals surface area (Å²) >= 11 is 0. The number of carbonyl (C=O) groups excluding carboxylic acids is 2. The van der Waals surface area contributed by atoms with Gasteiger partial charge in [0.05, 0.1) is 26.2 Å². The van der Waals surface area contributed by atoms with Gasteiger partial charge in [-0.2, -0.15) is 0 Å². The number of unbranched alkanes of at least 4 members (excludes halogenated alkanes) is 4. The van der Waals surface area contributed by atoms with E-state index in [1.54, 1.807) is 0 Å². The lowest BCUT2D eigenvalue weighted by Crippen LogP contribution is -2.52. The van der Waals surface area contributed by atoms with Crippen LogP contribution in [0.5, 0.6) is 0 Å². The molecule has 0 bridgehead atoms. The van der Waals surface area contributed by atoms with E-state index in [-0.39, 0.29) is 11.8 Å². The van der Waals surface area contributed by atoms with E-state index in [1.807, 2.05) is 64.1 Å². The molecule has 0 heterocycles. The molecule has 0 saturated heterocycles. The van der Waals surface area contributed by atoms with E-state index >= 15 is 0 Å². The number of quaternary nitrogens is 1. The van der Waals surface area contributed by atoms with Crippen LogP contribution in [-0.2, 0) is 9.59 Å². The van der Waals surface area contributed by atoms with Crippen LogP contribution in [0.4, 0.5) is 11.4 Å². The van der Waals surface area contributed by atoms with Crippen molar-refractivity contribution in [3.05, 3.63) is 58.7 Å². The van der Waals surface area contributed by atoms with Crippen LogP contribution in [0.15, 0.2) is 36.4 Å². The molecule has 0 saturated carbocycles. The van der Waals surface area contributed by atoms with Crippen molar-refractivity contribution >= 4 is 23.2 Å². The maximum absolute atomic E-state index is 13.0. The van der Waals surface area contributed by atoms with E-state index in [9.17, 15) is 9.59 Å². The first-order chi connectivity index (χ1) is 19.1. The molecule has 0 fully saturated rings. The lowest BCUT2D eigenvalue weighted by molar-refractivity contribution is -0.917. The van der Waals surface area contributed by atoms with Crippen molar-refractivity contribution in [1.82, 2.24) is 4.90 Å². The number of aryl methyl sites for hydroxylation is 4. The molecule has 0 unspecified atom stereocenters. The summed E-state index contributed by atoms with van der Waals surface area (Å²) in [5, 5.41) is 6.32. The highest BCUT2D eigenvalue weighted by atomic mass is 16.2.